The molecule has 0 saturated carbocycles. The van der Waals surface area contributed by atoms with Crippen molar-refractivity contribution in [2.24, 2.45) is 0 Å². The number of piperazine rings is 1. The first-order chi connectivity index (χ1) is 12.2. The van der Waals surface area contributed by atoms with Gasteiger partial charge >= 0.3 is 0 Å². The molecule has 4 nitrogen and oxygen atoms in total. The van der Waals surface area contributed by atoms with Gasteiger partial charge in [0.2, 0.25) is 5.91 Å². The van der Waals surface area contributed by atoms with Gasteiger partial charge in [-0.1, -0.05) is 18.2 Å². The molecular formula is C19H24FN3OS. The van der Waals surface area contributed by atoms with Crippen LogP contribution in [0.3, 0.4) is 0 Å². The van der Waals surface area contributed by atoms with Gasteiger partial charge in [-0.3, -0.25) is 9.69 Å². The van der Waals surface area contributed by atoms with Crippen molar-refractivity contribution in [3.63, 3.8) is 0 Å². The predicted molar refractivity (Wildman–Crippen MR) is 101 cm³/mol. The number of carbonyl (C=O) groups excluding carboxylic acids is 1. The molecule has 1 amide bonds. The average Bonchev–Trinajstić information content (AvgIpc) is 3.13. The van der Waals surface area contributed by atoms with Gasteiger partial charge in [-0.15, -0.1) is 11.3 Å². The normalized spacial score (nSPS) is 15.3. The molecular weight excluding hydrogens is 337 g/mol. The number of nitrogens with zero attached hydrogens (tertiary/aromatic N) is 2. The molecule has 1 fully saturated rings. The number of thiophene rings is 1. The quantitative estimate of drug-likeness (QED) is 0.771. The van der Waals surface area contributed by atoms with E-state index >= 15 is 0 Å². The van der Waals surface area contributed by atoms with Gasteiger partial charge in [0, 0.05) is 37.6 Å². The molecule has 0 unspecified atom stereocenters. The minimum Gasteiger partial charge on any atom is -0.367 e. The van der Waals surface area contributed by atoms with Crippen LogP contribution >= 0.6 is 11.3 Å². The first-order valence-corrected chi connectivity index (χ1v) is 9.61. The highest BCUT2D eigenvalue weighted by atomic mass is 32.1. The first kappa shape index (κ1) is 17.9. The number of hydrogen-bond acceptors (Lipinski definition) is 4. The maximum absolute atomic E-state index is 13.8. The molecule has 0 spiro atoms. The molecule has 3 rings (SSSR count). The lowest BCUT2D eigenvalue weighted by Gasteiger charge is -2.36. The summed E-state index contributed by atoms with van der Waals surface area (Å²) in [4.78, 5) is 17.4. The van der Waals surface area contributed by atoms with E-state index in [1.165, 1.54) is 6.07 Å². The summed E-state index contributed by atoms with van der Waals surface area (Å²) >= 11 is 1.61. The zero-order valence-electron chi connectivity index (χ0n) is 14.3. The summed E-state index contributed by atoms with van der Waals surface area (Å²) in [6, 6.07) is 10.9. The van der Waals surface area contributed by atoms with E-state index in [4.69, 9.17) is 0 Å². The van der Waals surface area contributed by atoms with E-state index < -0.39 is 0 Å². The molecule has 6 heteroatoms. The van der Waals surface area contributed by atoms with Crippen LogP contribution < -0.4 is 10.2 Å². The fourth-order valence-corrected chi connectivity index (χ4v) is 3.79. The first-order valence-electron chi connectivity index (χ1n) is 8.73. The van der Waals surface area contributed by atoms with E-state index in [0.717, 1.165) is 44.0 Å². The number of nitrogens with one attached hydrogen (secondary N) is 1. The Hall–Kier alpha value is -1.92. The fourth-order valence-electron chi connectivity index (χ4n) is 3.08. The van der Waals surface area contributed by atoms with E-state index in [0.29, 0.717) is 18.7 Å². The van der Waals surface area contributed by atoms with Crippen LogP contribution in [0.4, 0.5) is 10.1 Å². The summed E-state index contributed by atoms with van der Waals surface area (Å²) in [7, 11) is 0. The van der Waals surface area contributed by atoms with E-state index in [1.807, 2.05) is 29.6 Å². The summed E-state index contributed by atoms with van der Waals surface area (Å²) in [5, 5.41) is 4.97. The monoisotopic (exact) mass is 361 g/mol. The molecule has 2 aromatic rings. The van der Waals surface area contributed by atoms with Crippen molar-refractivity contribution in [3.8, 4) is 0 Å². The lowest BCUT2D eigenvalue weighted by atomic mass is 10.2. The molecule has 0 bridgehead atoms. The van der Waals surface area contributed by atoms with Gasteiger partial charge in [-0.2, -0.15) is 0 Å². The number of halogens is 1. The maximum Gasteiger partial charge on any atom is 0.225 e. The molecule has 2 heterocycles. The molecule has 1 aromatic heterocycles. The van der Waals surface area contributed by atoms with E-state index in [-0.39, 0.29) is 11.7 Å². The molecule has 1 aliphatic rings. The molecule has 0 aliphatic carbocycles. The highest BCUT2D eigenvalue weighted by molar-refractivity contribution is 7.10. The Balaban J connectivity index is 1.32. The molecule has 0 atom stereocenters. The molecule has 25 heavy (non-hydrogen) atoms. The Morgan fingerprint density at radius 2 is 1.92 bits per heavy atom. The molecule has 1 aromatic carbocycles. The Kier molecular flexibility index (Phi) is 6.42. The molecule has 134 valence electrons. The number of rotatable bonds is 7. The van der Waals surface area contributed by atoms with Gasteiger partial charge in [0.25, 0.3) is 0 Å². The molecule has 1 aliphatic heterocycles. The largest absolute Gasteiger partial charge is 0.367 e. The summed E-state index contributed by atoms with van der Waals surface area (Å²) in [5.41, 5.74) is 0.697. The van der Waals surface area contributed by atoms with Crippen LogP contribution in [0.1, 0.15) is 11.3 Å². The van der Waals surface area contributed by atoms with Gasteiger partial charge in [-0.05, 0) is 36.5 Å². The highest BCUT2D eigenvalue weighted by Crippen LogP contribution is 2.20. The van der Waals surface area contributed by atoms with E-state index in [2.05, 4.69) is 15.1 Å². The number of anilines is 1. The SMILES string of the molecule is O=C(Cc1cccs1)NCCCN1CCN(c2ccccc2F)CC1. The van der Waals surface area contributed by atoms with E-state index in [9.17, 15) is 9.18 Å². The Bertz CT molecular complexity index is 669. The third-order valence-electron chi connectivity index (χ3n) is 4.45. The molecule has 1 saturated heterocycles. The predicted octanol–water partition coefficient (Wildman–Crippen LogP) is 2.76. The number of amides is 1. The Labute approximate surface area is 152 Å². The number of para-hydroxylation sites is 1. The van der Waals surface area contributed by atoms with Crippen molar-refractivity contribution in [2.75, 3.05) is 44.2 Å². The molecule has 0 radical (unpaired) electrons. The maximum atomic E-state index is 13.8. The van der Waals surface area contributed by atoms with Crippen LogP contribution in [-0.2, 0) is 11.2 Å². The zero-order chi connectivity index (χ0) is 17.5. The van der Waals surface area contributed by atoms with Crippen molar-refractivity contribution in [2.45, 2.75) is 12.8 Å². The number of carbonyl (C=O) groups is 1. The number of hydrogen-bond donors (Lipinski definition) is 1. The van der Waals surface area contributed by atoms with E-state index in [1.54, 1.807) is 17.4 Å². The van der Waals surface area contributed by atoms with Gasteiger partial charge in [0.15, 0.2) is 0 Å². The second-order valence-electron chi connectivity index (χ2n) is 6.24. The summed E-state index contributed by atoms with van der Waals surface area (Å²) in [6.45, 7) is 5.20. The fraction of sp³-hybridized carbons (Fsp3) is 0.421. The highest BCUT2D eigenvalue weighted by Gasteiger charge is 2.18. The average molecular weight is 361 g/mol. The van der Waals surface area contributed by atoms with Crippen molar-refractivity contribution in [3.05, 3.63) is 52.5 Å². The van der Waals surface area contributed by atoms with Crippen LogP contribution in [0.15, 0.2) is 41.8 Å². The second kappa shape index (κ2) is 8.97. The summed E-state index contributed by atoms with van der Waals surface area (Å²) in [6.07, 6.45) is 1.41. The van der Waals surface area contributed by atoms with Crippen molar-refractivity contribution in [1.29, 1.82) is 0 Å². The lowest BCUT2D eigenvalue weighted by molar-refractivity contribution is -0.120. The zero-order valence-corrected chi connectivity index (χ0v) is 15.1. The van der Waals surface area contributed by atoms with Crippen molar-refractivity contribution in [1.82, 2.24) is 10.2 Å². The Morgan fingerprint density at radius 1 is 1.12 bits per heavy atom. The summed E-state index contributed by atoms with van der Waals surface area (Å²) in [5.74, 6) is -0.0591. The van der Waals surface area contributed by atoms with Crippen LogP contribution in [-0.4, -0.2) is 50.1 Å². The standard InChI is InChI=1S/C19H24FN3OS/c20-17-6-1-2-7-18(17)23-12-10-22(11-13-23)9-4-8-21-19(24)15-16-5-3-14-25-16/h1-3,5-7,14H,4,8-13,15H2,(H,21,24). The minimum atomic E-state index is -0.149. The lowest BCUT2D eigenvalue weighted by Crippen LogP contribution is -2.47. The van der Waals surface area contributed by atoms with Crippen LogP contribution in [0.5, 0.6) is 0 Å². The number of benzene rings is 1. The summed E-state index contributed by atoms with van der Waals surface area (Å²) < 4.78 is 13.8. The van der Waals surface area contributed by atoms with Crippen LogP contribution in [0, 0.1) is 5.82 Å². The van der Waals surface area contributed by atoms with Gasteiger partial charge in [0.05, 0.1) is 12.1 Å². The Morgan fingerprint density at radius 3 is 2.64 bits per heavy atom. The molecule has 1 N–H and O–H groups in total. The van der Waals surface area contributed by atoms with Gasteiger partial charge in [0.1, 0.15) is 5.82 Å². The minimum absolute atomic E-state index is 0.0897. The van der Waals surface area contributed by atoms with Gasteiger partial charge in [-0.25, -0.2) is 4.39 Å². The van der Waals surface area contributed by atoms with Crippen molar-refractivity contribution >= 4 is 22.9 Å². The van der Waals surface area contributed by atoms with Crippen LogP contribution in [0.2, 0.25) is 0 Å². The third kappa shape index (κ3) is 5.28. The van der Waals surface area contributed by atoms with Gasteiger partial charge < -0.3 is 10.2 Å². The smallest absolute Gasteiger partial charge is 0.225 e. The topological polar surface area (TPSA) is 35.6 Å². The van der Waals surface area contributed by atoms with Crippen molar-refractivity contribution < 1.29 is 9.18 Å². The third-order valence-corrected chi connectivity index (χ3v) is 5.33. The van der Waals surface area contributed by atoms with Crippen LogP contribution in [0.25, 0.3) is 0 Å². The second-order valence-corrected chi connectivity index (χ2v) is 7.27.